The summed E-state index contributed by atoms with van der Waals surface area (Å²) in [6, 6.07) is 13.4. The smallest absolute Gasteiger partial charge is 0.410 e. The van der Waals surface area contributed by atoms with Crippen molar-refractivity contribution in [3.8, 4) is 5.75 Å². The standard InChI is InChI=1S/C17H19NO2/c1-4-14-6-8-15(9-7-14)20-17(19)18-16-10-5-12(2)11-13(16)3/h5-11H,4H2,1-3H3,(H,18,19). The number of hydrogen-bond acceptors (Lipinski definition) is 2. The summed E-state index contributed by atoms with van der Waals surface area (Å²) >= 11 is 0. The molecule has 0 bridgehead atoms. The van der Waals surface area contributed by atoms with E-state index in [9.17, 15) is 4.79 Å². The van der Waals surface area contributed by atoms with Crippen LogP contribution in [0.5, 0.6) is 5.75 Å². The maximum absolute atomic E-state index is 11.8. The number of hydrogen-bond donors (Lipinski definition) is 1. The minimum absolute atomic E-state index is 0.471. The highest BCUT2D eigenvalue weighted by Crippen LogP contribution is 2.17. The Morgan fingerprint density at radius 1 is 1.10 bits per heavy atom. The molecule has 0 aliphatic carbocycles. The molecule has 3 nitrogen and oxygen atoms in total. The molecule has 0 fully saturated rings. The fraction of sp³-hybridized carbons (Fsp3) is 0.235. The van der Waals surface area contributed by atoms with Gasteiger partial charge in [-0.2, -0.15) is 0 Å². The van der Waals surface area contributed by atoms with Gasteiger partial charge in [0.05, 0.1) is 0 Å². The summed E-state index contributed by atoms with van der Waals surface area (Å²) in [6.45, 7) is 6.06. The lowest BCUT2D eigenvalue weighted by Crippen LogP contribution is -2.17. The molecule has 1 amide bonds. The molecule has 0 unspecified atom stereocenters. The lowest BCUT2D eigenvalue weighted by atomic mass is 10.1. The molecular weight excluding hydrogens is 250 g/mol. The van der Waals surface area contributed by atoms with Crippen molar-refractivity contribution < 1.29 is 9.53 Å². The molecule has 3 heteroatoms. The van der Waals surface area contributed by atoms with Crippen LogP contribution < -0.4 is 10.1 Å². The number of carbonyl (C=O) groups is 1. The molecule has 2 aromatic rings. The summed E-state index contributed by atoms with van der Waals surface area (Å²) in [5.41, 5.74) is 4.16. The molecule has 1 N–H and O–H groups in total. The third-order valence-corrected chi connectivity index (χ3v) is 3.16. The van der Waals surface area contributed by atoms with Crippen LogP contribution in [0.3, 0.4) is 0 Å². The van der Waals surface area contributed by atoms with Crippen molar-refractivity contribution in [1.29, 1.82) is 0 Å². The van der Waals surface area contributed by atoms with Gasteiger partial charge in [-0.05, 0) is 49.6 Å². The Labute approximate surface area is 119 Å². The van der Waals surface area contributed by atoms with Gasteiger partial charge in [0.25, 0.3) is 0 Å². The molecule has 0 radical (unpaired) electrons. The quantitative estimate of drug-likeness (QED) is 0.892. The van der Waals surface area contributed by atoms with Crippen LogP contribution in [-0.4, -0.2) is 6.09 Å². The van der Waals surface area contributed by atoms with E-state index in [1.165, 1.54) is 5.56 Å². The number of aryl methyl sites for hydroxylation is 3. The van der Waals surface area contributed by atoms with Crippen LogP contribution >= 0.6 is 0 Å². The van der Waals surface area contributed by atoms with Crippen molar-refractivity contribution in [3.63, 3.8) is 0 Å². The van der Waals surface area contributed by atoms with Crippen molar-refractivity contribution >= 4 is 11.8 Å². The molecule has 2 rings (SSSR count). The first-order valence-electron chi connectivity index (χ1n) is 6.73. The third-order valence-electron chi connectivity index (χ3n) is 3.16. The highest BCUT2D eigenvalue weighted by Gasteiger charge is 2.07. The average molecular weight is 269 g/mol. The van der Waals surface area contributed by atoms with Crippen LogP contribution in [0.15, 0.2) is 42.5 Å². The number of carbonyl (C=O) groups excluding carboxylic acids is 1. The van der Waals surface area contributed by atoms with Crippen LogP contribution in [-0.2, 0) is 6.42 Å². The van der Waals surface area contributed by atoms with E-state index in [-0.39, 0.29) is 0 Å². The number of nitrogens with one attached hydrogen (secondary N) is 1. The zero-order chi connectivity index (χ0) is 14.5. The molecule has 0 aromatic heterocycles. The Bertz CT molecular complexity index is 603. The Morgan fingerprint density at radius 3 is 2.40 bits per heavy atom. The number of amides is 1. The summed E-state index contributed by atoms with van der Waals surface area (Å²) < 4.78 is 5.25. The van der Waals surface area contributed by atoms with Crippen LogP contribution in [0.25, 0.3) is 0 Å². The highest BCUT2D eigenvalue weighted by atomic mass is 16.6. The van der Waals surface area contributed by atoms with Crippen molar-refractivity contribution in [2.75, 3.05) is 5.32 Å². The van der Waals surface area contributed by atoms with Gasteiger partial charge in [0.1, 0.15) is 5.75 Å². The van der Waals surface area contributed by atoms with E-state index >= 15 is 0 Å². The summed E-state index contributed by atoms with van der Waals surface area (Å²) in [7, 11) is 0. The Balaban J connectivity index is 2.01. The van der Waals surface area contributed by atoms with E-state index < -0.39 is 6.09 Å². The SMILES string of the molecule is CCc1ccc(OC(=O)Nc2ccc(C)cc2C)cc1. The first-order chi connectivity index (χ1) is 9.58. The fourth-order valence-electron chi connectivity index (χ4n) is 1.99. The summed E-state index contributed by atoms with van der Waals surface area (Å²) in [5, 5.41) is 2.75. The van der Waals surface area contributed by atoms with Crippen molar-refractivity contribution in [1.82, 2.24) is 0 Å². The molecule has 0 aliphatic heterocycles. The zero-order valence-corrected chi connectivity index (χ0v) is 12.1. The minimum Gasteiger partial charge on any atom is -0.410 e. The van der Waals surface area contributed by atoms with Crippen molar-refractivity contribution in [3.05, 3.63) is 59.2 Å². The molecule has 0 spiro atoms. The van der Waals surface area contributed by atoms with E-state index in [0.717, 1.165) is 23.2 Å². The van der Waals surface area contributed by atoms with Gasteiger partial charge < -0.3 is 4.74 Å². The largest absolute Gasteiger partial charge is 0.417 e. The van der Waals surface area contributed by atoms with E-state index in [4.69, 9.17) is 4.74 Å². The van der Waals surface area contributed by atoms with E-state index in [1.54, 1.807) is 12.1 Å². The molecule has 20 heavy (non-hydrogen) atoms. The van der Waals surface area contributed by atoms with Crippen LogP contribution in [0.2, 0.25) is 0 Å². The number of rotatable bonds is 3. The van der Waals surface area contributed by atoms with Crippen LogP contribution in [0.4, 0.5) is 10.5 Å². The maximum Gasteiger partial charge on any atom is 0.417 e. The van der Waals surface area contributed by atoms with Gasteiger partial charge in [-0.3, -0.25) is 5.32 Å². The molecule has 0 atom stereocenters. The van der Waals surface area contributed by atoms with Gasteiger partial charge in [-0.1, -0.05) is 36.8 Å². The topological polar surface area (TPSA) is 38.3 Å². The molecule has 2 aromatic carbocycles. The molecule has 0 aliphatic rings. The second kappa shape index (κ2) is 6.24. The fourth-order valence-corrected chi connectivity index (χ4v) is 1.99. The normalized spacial score (nSPS) is 10.2. The van der Waals surface area contributed by atoms with Gasteiger partial charge >= 0.3 is 6.09 Å². The Kier molecular flexibility index (Phi) is 4.41. The van der Waals surface area contributed by atoms with Gasteiger partial charge in [0.15, 0.2) is 0 Å². The third kappa shape index (κ3) is 3.60. The monoisotopic (exact) mass is 269 g/mol. The van der Waals surface area contributed by atoms with Gasteiger partial charge in [-0.25, -0.2) is 4.79 Å². The average Bonchev–Trinajstić information content (AvgIpc) is 2.43. The summed E-state index contributed by atoms with van der Waals surface area (Å²) in [5.74, 6) is 0.546. The summed E-state index contributed by atoms with van der Waals surface area (Å²) in [6.07, 6.45) is 0.496. The summed E-state index contributed by atoms with van der Waals surface area (Å²) in [4.78, 5) is 11.8. The minimum atomic E-state index is -0.471. The zero-order valence-electron chi connectivity index (χ0n) is 12.1. The number of benzene rings is 2. The van der Waals surface area contributed by atoms with Crippen LogP contribution in [0, 0.1) is 13.8 Å². The number of ether oxygens (including phenoxy) is 1. The predicted octanol–water partition coefficient (Wildman–Crippen LogP) is 4.48. The Hall–Kier alpha value is -2.29. The number of anilines is 1. The van der Waals surface area contributed by atoms with Gasteiger partial charge in [-0.15, -0.1) is 0 Å². The lowest BCUT2D eigenvalue weighted by Gasteiger charge is -2.10. The molecule has 104 valence electrons. The first kappa shape index (κ1) is 14.1. The molecule has 0 saturated heterocycles. The second-order valence-electron chi connectivity index (χ2n) is 4.83. The van der Waals surface area contributed by atoms with Crippen LogP contribution in [0.1, 0.15) is 23.6 Å². The highest BCUT2D eigenvalue weighted by molar-refractivity contribution is 5.87. The first-order valence-corrected chi connectivity index (χ1v) is 6.73. The van der Waals surface area contributed by atoms with Gasteiger partial charge in [0, 0.05) is 5.69 Å². The Morgan fingerprint density at radius 2 is 1.80 bits per heavy atom. The molecule has 0 heterocycles. The lowest BCUT2D eigenvalue weighted by molar-refractivity contribution is 0.215. The molecule has 0 saturated carbocycles. The predicted molar refractivity (Wildman–Crippen MR) is 81.4 cm³/mol. The van der Waals surface area contributed by atoms with E-state index in [2.05, 4.69) is 12.2 Å². The van der Waals surface area contributed by atoms with E-state index in [1.807, 2.05) is 44.2 Å². The van der Waals surface area contributed by atoms with E-state index in [0.29, 0.717) is 5.75 Å². The maximum atomic E-state index is 11.8. The van der Waals surface area contributed by atoms with Crippen molar-refractivity contribution in [2.45, 2.75) is 27.2 Å². The second-order valence-corrected chi connectivity index (χ2v) is 4.83. The van der Waals surface area contributed by atoms with Gasteiger partial charge in [0.2, 0.25) is 0 Å². The molecular formula is C17H19NO2. The van der Waals surface area contributed by atoms with Crippen molar-refractivity contribution in [2.24, 2.45) is 0 Å².